The van der Waals surface area contributed by atoms with Gasteiger partial charge in [0.25, 0.3) is 0 Å². The van der Waals surface area contributed by atoms with Crippen LogP contribution < -0.4 is 0 Å². The highest BCUT2D eigenvalue weighted by Crippen LogP contribution is 2.26. The molecular formula is C16H20N2O8S2. The lowest BCUT2D eigenvalue weighted by Crippen LogP contribution is -2.58. The van der Waals surface area contributed by atoms with E-state index >= 15 is 0 Å². The number of aliphatic hydroxyl groups is 4. The topological polar surface area (TPSA) is 173 Å². The van der Waals surface area contributed by atoms with Crippen LogP contribution in [0.15, 0.2) is 34.9 Å². The molecule has 0 amide bonds. The van der Waals surface area contributed by atoms with E-state index < -0.39 is 41.0 Å². The predicted octanol–water partition coefficient (Wildman–Crippen LogP) is -0.555. The van der Waals surface area contributed by atoms with Crippen LogP contribution in [0.2, 0.25) is 0 Å². The molecular weight excluding hydrogens is 412 g/mol. The molecule has 12 heteroatoms. The summed E-state index contributed by atoms with van der Waals surface area (Å²) >= 11 is 0.879. The van der Waals surface area contributed by atoms with Crippen molar-refractivity contribution in [1.82, 2.24) is 4.98 Å². The number of aromatic nitrogens is 1. The molecule has 6 N–H and O–H groups in total. The van der Waals surface area contributed by atoms with Crippen molar-refractivity contribution in [3.8, 4) is 0 Å². The number of benzene rings is 1. The Morgan fingerprint density at radius 2 is 1.86 bits per heavy atom. The molecule has 1 aliphatic heterocycles. The van der Waals surface area contributed by atoms with Gasteiger partial charge < -0.3 is 30.1 Å². The average molecular weight is 432 g/mol. The van der Waals surface area contributed by atoms with Crippen LogP contribution in [0.5, 0.6) is 0 Å². The van der Waals surface area contributed by atoms with Gasteiger partial charge in [-0.1, -0.05) is 18.2 Å². The van der Waals surface area contributed by atoms with Crippen molar-refractivity contribution in [2.45, 2.75) is 37.1 Å². The van der Waals surface area contributed by atoms with Crippen LogP contribution in [0.3, 0.4) is 0 Å². The summed E-state index contributed by atoms with van der Waals surface area (Å²) in [7, 11) is -4.66. The molecule has 0 spiro atoms. The zero-order chi connectivity index (χ0) is 20.5. The maximum absolute atomic E-state index is 11.2. The van der Waals surface area contributed by atoms with Crippen molar-refractivity contribution in [3.63, 3.8) is 0 Å². The molecule has 10 nitrogen and oxygen atoms in total. The van der Waals surface area contributed by atoms with E-state index in [0.717, 1.165) is 28.2 Å². The Kier molecular flexibility index (Phi) is 6.41. The fraction of sp³-hybridized carbons (Fsp3) is 0.438. The molecule has 5 atom stereocenters. The number of nitrogens with zero attached hydrogens (tertiary/aromatic N) is 1. The first kappa shape index (κ1) is 21.2. The summed E-state index contributed by atoms with van der Waals surface area (Å²) in [6.45, 7) is 0. The predicted molar refractivity (Wildman–Crippen MR) is 102 cm³/mol. The van der Waals surface area contributed by atoms with Crippen LogP contribution >= 0.6 is 11.8 Å². The van der Waals surface area contributed by atoms with E-state index in [1.165, 1.54) is 0 Å². The average Bonchev–Trinajstić information content (AvgIpc) is 3.03. The highest BCUT2D eigenvalue weighted by Gasteiger charge is 2.42. The molecule has 0 saturated carbocycles. The van der Waals surface area contributed by atoms with Gasteiger partial charge in [-0.3, -0.25) is 4.55 Å². The SMILES string of the molecule is O=S(=O)(O)N=C(Cc1c[nH]c2ccccc12)SC[C@H]1O[C@@H](O)[C@H](O)[C@@H](O)[C@@H]1O. The minimum absolute atomic E-state index is 0.0261. The van der Waals surface area contributed by atoms with Gasteiger partial charge in [-0.15, -0.1) is 16.2 Å². The van der Waals surface area contributed by atoms with Gasteiger partial charge in [0.1, 0.15) is 18.3 Å². The van der Waals surface area contributed by atoms with Crippen molar-refractivity contribution >= 4 is 38.0 Å². The Hall–Kier alpha value is -1.51. The summed E-state index contributed by atoms with van der Waals surface area (Å²) in [5, 5.41) is 39.7. The normalized spacial score (nSPS) is 29.3. The Balaban J connectivity index is 1.77. The highest BCUT2D eigenvalue weighted by molar-refractivity contribution is 8.14. The minimum Gasteiger partial charge on any atom is -0.388 e. The molecule has 3 rings (SSSR count). The van der Waals surface area contributed by atoms with Crippen LogP contribution in [-0.2, 0) is 21.5 Å². The summed E-state index contributed by atoms with van der Waals surface area (Å²) in [5.74, 6) is -0.0846. The van der Waals surface area contributed by atoms with Crippen molar-refractivity contribution in [2.75, 3.05) is 5.75 Å². The number of ether oxygens (including phenoxy) is 1. The highest BCUT2D eigenvalue weighted by atomic mass is 32.2. The molecule has 1 aromatic heterocycles. The Morgan fingerprint density at radius 1 is 1.14 bits per heavy atom. The third kappa shape index (κ3) is 4.90. The molecule has 28 heavy (non-hydrogen) atoms. The number of hydrogen-bond acceptors (Lipinski definition) is 8. The smallest absolute Gasteiger partial charge is 0.379 e. The number of fused-ring (bicyclic) bond motifs is 1. The number of aromatic amines is 1. The van der Waals surface area contributed by atoms with Gasteiger partial charge in [0, 0.05) is 29.3 Å². The van der Waals surface area contributed by atoms with Crippen LogP contribution in [0, 0.1) is 0 Å². The third-order valence-corrected chi connectivity index (χ3v) is 5.97. The Bertz CT molecular complexity index is 960. The van der Waals surface area contributed by atoms with Crippen molar-refractivity contribution in [1.29, 1.82) is 0 Å². The summed E-state index contributed by atoms with van der Waals surface area (Å²) < 4.78 is 40.0. The lowest BCUT2D eigenvalue weighted by molar-refractivity contribution is -0.276. The molecule has 0 bridgehead atoms. The first-order valence-electron chi connectivity index (χ1n) is 8.27. The van der Waals surface area contributed by atoms with Crippen LogP contribution in [0.1, 0.15) is 5.56 Å². The van der Waals surface area contributed by atoms with Gasteiger partial charge >= 0.3 is 10.3 Å². The van der Waals surface area contributed by atoms with Crippen LogP contribution in [-0.4, -0.2) is 79.9 Å². The number of H-pyrrole nitrogens is 1. The van der Waals surface area contributed by atoms with Crippen molar-refractivity contribution in [2.24, 2.45) is 4.40 Å². The molecule has 1 aliphatic rings. The number of hydrogen-bond donors (Lipinski definition) is 6. The largest absolute Gasteiger partial charge is 0.388 e. The van der Waals surface area contributed by atoms with Crippen LogP contribution in [0.25, 0.3) is 10.9 Å². The monoisotopic (exact) mass is 432 g/mol. The van der Waals surface area contributed by atoms with Gasteiger partial charge in [0.15, 0.2) is 6.29 Å². The number of rotatable bonds is 5. The zero-order valence-corrected chi connectivity index (χ0v) is 16.0. The molecule has 0 radical (unpaired) electrons. The van der Waals surface area contributed by atoms with Crippen molar-refractivity contribution in [3.05, 3.63) is 36.0 Å². The minimum atomic E-state index is -4.66. The summed E-state index contributed by atoms with van der Waals surface area (Å²) in [5.41, 5.74) is 1.59. The lowest BCUT2D eigenvalue weighted by atomic mass is 10.0. The molecule has 0 aliphatic carbocycles. The second-order valence-electron chi connectivity index (χ2n) is 6.32. The second kappa shape index (κ2) is 8.47. The van der Waals surface area contributed by atoms with E-state index in [9.17, 15) is 28.8 Å². The fourth-order valence-corrected chi connectivity index (χ4v) is 4.63. The summed E-state index contributed by atoms with van der Waals surface area (Å²) in [6, 6.07) is 7.37. The third-order valence-electron chi connectivity index (χ3n) is 4.34. The van der Waals surface area contributed by atoms with Crippen LogP contribution in [0.4, 0.5) is 0 Å². The van der Waals surface area contributed by atoms with Gasteiger partial charge in [-0.05, 0) is 11.6 Å². The van der Waals surface area contributed by atoms with E-state index in [2.05, 4.69) is 9.38 Å². The standard InChI is InChI=1S/C16H20N2O8S2/c19-13-11(26-16(22)15(21)14(13)20)7-27-12(18-28(23,24)25)5-8-6-17-10-4-2-1-3-9(8)10/h1-4,6,11,13-17,19-22H,5,7H2,(H,23,24,25)/t11-,13-,14+,15-,16-/m1/s1. The van der Waals surface area contributed by atoms with Gasteiger partial charge in [0.05, 0.1) is 11.1 Å². The van der Waals surface area contributed by atoms with E-state index in [-0.39, 0.29) is 17.2 Å². The molecule has 1 aromatic carbocycles. The number of nitrogens with one attached hydrogen (secondary N) is 1. The molecule has 1 saturated heterocycles. The van der Waals surface area contributed by atoms with E-state index in [4.69, 9.17) is 9.29 Å². The maximum Gasteiger partial charge on any atom is 0.379 e. The zero-order valence-electron chi connectivity index (χ0n) is 14.4. The molecule has 1 fully saturated rings. The van der Waals surface area contributed by atoms with E-state index in [1.54, 1.807) is 6.20 Å². The first-order chi connectivity index (χ1) is 13.2. The molecule has 154 valence electrons. The van der Waals surface area contributed by atoms with E-state index in [0.29, 0.717) is 0 Å². The molecule has 0 unspecified atom stereocenters. The Labute approximate surface area is 164 Å². The van der Waals surface area contributed by atoms with Gasteiger partial charge in [0.2, 0.25) is 0 Å². The Morgan fingerprint density at radius 3 is 2.57 bits per heavy atom. The number of para-hydroxylation sites is 1. The van der Waals surface area contributed by atoms with Gasteiger partial charge in [-0.2, -0.15) is 8.42 Å². The number of thioether (sulfide) groups is 1. The van der Waals surface area contributed by atoms with E-state index in [1.807, 2.05) is 24.3 Å². The quantitative estimate of drug-likeness (QED) is 0.206. The summed E-state index contributed by atoms with van der Waals surface area (Å²) in [4.78, 5) is 3.05. The van der Waals surface area contributed by atoms with Crippen molar-refractivity contribution < 1.29 is 38.1 Å². The van der Waals surface area contributed by atoms with Gasteiger partial charge in [-0.25, -0.2) is 0 Å². The molecule has 2 heterocycles. The summed E-state index contributed by atoms with van der Waals surface area (Å²) in [6.07, 6.45) is -5.79. The maximum atomic E-state index is 11.2. The lowest BCUT2D eigenvalue weighted by Gasteiger charge is -2.38. The number of aliphatic hydroxyl groups excluding tert-OH is 4. The molecule has 2 aromatic rings. The second-order valence-corrected chi connectivity index (χ2v) is 8.49. The fourth-order valence-electron chi connectivity index (χ4n) is 2.93. The first-order valence-corrected chi connectivity index (χ1v) is 10.7.